The molecule has 0 aliphatic carbocycles. The van der Waals surface area contributed by atoms with Crippen molar-refractivity contribution in [2.45, 2.75) is 6.54 Å². The molecule has 0 saturated carbocycles. The summed E-state index contributed by atoms with van der Waals surface area (Å²) in [5.41, 5.74) is 1.36. The Morgan fingerprint density at radius 3 is 2.59 bits per heavy atom. The minimum Gasteiger partial charge on any atom is -0.345 e. The predicted molar refractivity (Wildman–Crippen MR) is 134 cm³/mol. The van der Waals surface area contributed by atoms with Crippen LogP contribution in [0.4, 0.5) is 16.0 Å². The van der Waals surface area contributed by atoms with E-state index >= 15 is 0 Å². The minimum atomic E-state index is -0.473. The number of rotatable bonds is 6. The molecule has 4 rings (SSSR count). The molecule has 0 atom stereocenters. The first kappa shape index (κ1) is 24.1. The first-order chi connectivity index (χ1) is 16.3. The Kier molecular flexibility index (Phi) is 7.41. The molecule has 0 spiro atoms. The van der Waals surface area contributed by atoms with Gasteiger partial charge in [0.05, 0.1) is 11.3 Å². The highest BCUT2D eigenvalue weighted by atomic mass is 127. The Morgan fingerprint density at radius 2 is 1.91 bits per heavy atom. The lowest BCUT2D eigenvalue weighted by Crippen LogP contribution is -2.48. The van der Waals surface area contributed by atoms with Crippen LogP contribution in [0, 0.1) is 9.39 Å². The second-order valence-electron chi connectivity index (χ2n) is 8.19. The van der Waals surface area contributed by atoms with Crippen LogP contribution < -0.4 is 5.32 Å². The van der Waals surface area contributed by atoms with Crippen molar-refractivity contribution in [2.75, 3.05) is 45.6 Å². The number of anilines is 2. The van der Waals surface area contributed by atoms with Gasteiger partial charge in [0.1, 0.15) is 11.6 Å². The van der Waals surface area contributed by atoms with Crippen molar-refractivity contribution >= 4 is 46.0 Å². The highest BCUT2D eigenvalue weighted by molar-refractivity contribution is 14.1. The van der Waals surface area contributed by atoms with Crippen LogP contribution in [0.1, 0.15) is 26.4 Å². The van der Waals surface area contributed by atoms with E-state index in [0.717, 1.165) is 5.69 Å². The molecule has 9 nitrogen and oxygen atoms in total. The van der Waals surface area contributed by atoms with Crippen LogP contribution in [0.25, 0.3) is 0 Å². The molecule has 11 heteroatoms. The summed E-state index contributed by atoms with van der Waals surface area (Å²) in [7, 11) is 3.41. The summed E-state index contributed by atoms with van der Waals surface area (Å²) in [6.07, 6.45) is 1.70. The van der Waals surface area contributed by atoms with Gasteiger partial charge in [-0.25, -0.2) is 9.37 Å². The van der Waals surface area contributed by atoms with Crippen LogP contribution in [-0.4, -0.2) is 82.0 Å². The molecule has 2 N–H and O–H groups in total. The summed E-state index contributed by atoms with van der Waals surface area (Å²) in [6.45, 7) is 2.72. The van der Waals surface area contributed by atoms with E-state index in [4.69, 9.17) is 0 Å². The van der Waals surface area contributed by atoms with E-state index < -0.39 is 5.82 Å². The number of piperazine rings is 1. The lowest BCUT2D eigenvalue weighted by Gasteiger charge is -2.34. The van der Waals surface area contributed by atoms with E-state index in [1.54, 1.807) is 55.5 Å². The monoisotopic (exact) mass is 577 g/mol. The Bertz CT molecular complexity index is 1180. The van der Waals surface area contributed by atoms with Gasteiger partial charge in [-0.2, -0.15) is 5.10 Å². The fraction of sp³-hybridized carbons (Fsp3) is 0.304. The number of aromatic nitrogens is 3. The van der Waals surface area contributed by atoms with Gasteiger partial charge in [-0.15, -0.1) is 0 Å². The van der Waals surface area contributed by atoms with Crippen molar-refractivity contribution < 1.29 is 14.0 Å². The van der Waals surface area contributed by atoms with Gasteiger partial charge in [0, 0.05) is 68.2 Å². The zero-order valence-corrected chi connectivity index (χ0v) is 21.0. The molecule has 1 saturated heterocycles. The Balaban J connectivity index is 1.45. The van der Waals surface area contributed by atoms with Crippen LogP contribution in [0.15, 0.2) is 42.6 Å². The molecule has 2 aromatic heterocycles. The topological polar surface area (TPSA) is 97.5 Å². The first-order valence-electron chi connectivity index (χ1n) is 10.8. The van der Waals surface area contributed by atoms with Crippen LogP contribution in [0.3, 0.4) is 0 Å². The zero-order chi connectivity index (χ0) is 24.2. The number of nitrogens with zero attached hydrogens (tertiary/aromatic N) is 5. The van der Waals surface area contributed by atoms with E-state index in [2.05, 4.69) is 25.4 Å². The summed E-state index contributed by atoms with van der Waals surface area (Å²) in [6, 6.07) is 10.1. The van der Waals surface area contributed by atoms with E-state index in [1.807, 2.05) is 22.6 Å². The molecular formula is C23H25FIN7O2. The van der Waals surface area contributed by atoms with Crippen molar-refractivity contribution in [1.82, 2.24) is 29.9 Å². The largest absolute Gasteiger partial charge is 0.345 e. The number of carbonyl (C=O) groups is 2. The first-order valence-corrected chi connectivity index (χ1v) is 11.8. The van der Waals surface area contributed by atoms with Gasteiger partial charge < -0.3 is 15.1 Å². The normalized spacial score (nSPS) is 14.2. The molecule has 1 fully saturated rings. The predicted octanol–water partition coefficient (Wildman–Crippen LogP) is 2.95. The molecule has 1 aromatic carbocycles. The SMILES string of the molecule is CN(C)C(=O)c1cc(CN2CCN(C(=O)c3cccc(I)c3F)CC2)nc(Nc2cc[nH]n2)c1. The Labute approximate surface area is 210 Å². The van der Waals surface area contributed by atoms with Gasteiger partial charge in [0.25, 0.3) is 11.8 Å². The average molecular weight is 577 g/mol. The van der Waals surface area contributed by atoms with Gasteiger partial charge in [-0.05, 0) is 46.9 Å². The average Bonchev–Trinajstić information content (AvgIpc) is 3.33. The standard InChI is InChI=1S/C23H25FIN7O2/c1-30(2)22(33)15-12-16(27-20(13-15)28-19-6-7-26-29-19)14-31-8-10-32(11-9-31)23(34)17-4-3-5-18(25)21(17)24/h3-7,12-13H,8-11,14H2,1-2H3,(H2,26,27,28,29). The van der Waals surface area contributed by atoms with Gasteiger partial charge in [0.2, 0.25) is 0 Å². The number of amides is 2. The third kappa shape index (κ3) is 5.53. The van der Waals surface area contributed by atoms with Crippen LogP contribution >= 0.6 is 22.6 Å². The van der Waals surface area contributed by atoms with Crippen LogP contribution in [0.2, 0.25) is 0 Å². The van der Waals surface area contributed by atoms with Crippen molar-refractivity contribution in [2.24, 2.45) is 0 Å². The van der Waals surface area contributed by atoms with E-state index in [1.165, 1.54) is 11.0 Å². The molecule has 178 valence electrons. The van der Waals surface area contributed by atoms with Gasteiger partial charge in [-0.1, -0.05) is 6.07 Å². The maximum Gasteiger partial charge on any atom is 0.256 e. The van der Waals surface area contributed by atoms with Crippen molar-refractivity contribution in [3.63, 3.8) is 0 Å². The second kappa shape index (κ2) is 10.5. The minimum absolute atomic E-state index is 0.103. The number of pyridine rings is 1. The highest BCUT2D eigenvalue weighted by Crippen LogP contribution is 2.20. The van der Waals surface area contributed by atoms with Gasteiger partial charge in [-0.3, -0.25) is 19.6 Å². The maximum absolute atomic E-state index is 14.4. The van der Waals surface area contributed by atoms with Crippen molar-refractivity contribution in [3.05, 3.63) is 68.8 Å². The Morgan fingerprint density at radius 1 is 1.15 bits per heavy atom. The second-order valence-corrected chi connectivity index (χ2v) is 9.35. The number of nitrogens with one attached hydrogen (secondary N) is 2. The highest BCUT2D eigenvalue weighted by Gasteiger charge is 2.25. The molecule has 0 bridgehead atoms. The van der Waals surface area contributed by atoms with E-state index in [9.17, 15) is 14.0 Å². The maximum atomic E-state index is 14.4. The molecule has 1 aliphatic rings. The van der Waals surface area contributed by atoms with E-state index in [-0.39, 0.29) is 17.4 Å². The van der Waals surface area contributed by atoms with Gasteiger partial charge >= 0.3 is 0 Å². The molecular weight excluding hydrogens is 552 g/mol. The van der Waals surface area contributed by atoms with E-state index in [0.29, 0.717) is 53.5 Å². The zero-order valence-electron chi connectivity index (χ0n) is 18.9. The Hall–Kier alpha value is -3.06. The van der Waals surface area contributed by atoms with Crippen LogP contribution in [-0.2, 0) is 6.54 Å². The molecule has 2 amide bonds. The molecule has 0 unspecified atom stereocenters. The number of hydrogen-bond donors (Lipinski definition) is 2. The van der Waals surface area contributed by atoms with Gasteiger partial charge in [0.15, 0.2) is 5.82 Å². The fourth-order valence-corrected chi connectivity index (χ4v) is 4.25. The third-order valence-corrected chi connectivity index (χ3v) is 6.35. The number of aromatic amines is 1. The van der Waals surface area contributed by atoms with Crippen LogP contribution in [0.5, 0.6) is 0 Å². The molecule has 3 aromatic rings. The summed E-state index contributed by atoms with van der Waals surface area (Å²) < 4.78 is 14.8. The quantitative estimate of drug-likeness (QED) is 0.438. The number of H-pyrrole nitrogens is 1. The smallest absolute Gasteiger partial charge is 0.256 e. The molecule has 3 heterocycles. The lowest BCUT2D eigenvalue weighted by atomic mass is 10.1. The number of halogens is 2. The molecule has 1 aliphatic heterocycles. The number of benzene rings is 1. The summed E-state index contributed by atoms with van der Waals surface area (Å²) >= 11 is 1.89. The summed E-state index contributed by atoms with van der Waals surface area (Å²) in [5, 5.41) is 9.93. The summed E-state index contributed by atoms with van der Waals surface area (Å²) in [4.78, 5) is 35.4. The summed E-state index contributed by atoms with van der Waals surface area (Å²) in [5.74, 6) is 0.237. The van der Waals surface area contributed by atoms with Crippen molar-refractivity contribution in [3.8, 4) is 0 Å². The van der Waals surface area contributed by atoms with Crippen molar-refractivity contribution in [1.29, 1.82) is 0 Å². The number of hydrogen-bond acceptors (Lipinski definition) is 6. The molecule has 0 radical (unpaired) electrons. The fourth-order valence-electron chi connectivity index (χ4n) is 3.75. The third-order valence-electron chi connectivity index (χ3n) is 5.52. The number of carbonyl (C=O) groups excluding carboxylic acids is 2. The molecule has 34 heavy (non-hydrogen) atoms. The lowest BCUT2D eigenvalue weighted by molar-refractivity contribution is 0.0621.